The Hall–Kier alpha value is -1.77. The minimum atomic E-state index is -4.85. The summed E-state index contributed by atoms with van der Waals surface area (Å²) >= 11 is 5.91. The fraction of sp³-hybridized carbons (Fsp3) is 0.333. The Bertz CT molecular complexity index is 916. The summed E-state index contributed by atoms with van der Waals surface area (Å²) in [6.45, 7) is 0. The van der Waals surface area contributed by atoms with Crippen LogP contribution in [0.1, 0.15) is 29.5 Å². The molecule has 146 valence electrons. The molecule has 0 amide bonds. The van der Waals surface area contributed by atoms with Gasteiger partial charge in [-0.3, -0.25) is 5.32 Å². The van der Waals surface area contributed by atoms with Gasteiger partial charge in [0.25, 0.3) is 0 Å². The van der Waals surface area contributed by atoms with Gasteiger partial charge in [0.1, 0.15) is 11.1 Å². The molecule has 3 unspecified atom stereocenters. The van der Waals surface area contributed by atoms with E-state index < -0.39 is 27.6 Å². The minimum Gasteiger partial charge on any atom is -0.405 e. The van der Waals surface area contributed by atoms with E-state index >= 15 is 0 Å². The molecule has 3 atom stereocenters. The highest BCUT2D eigenvalue weighted by atomic mass is 35.5. The molecule has 27 heavy (non-hydrogen) atoms. The number of benzene rings is 2. The first-order valence-corrected chi connectivity index (χ1v) is 10.4. The van der Waals surface area contributed by atoms with Gasteiger partial charge >= 0.3 is 6.36 Å². The van der Waals surface area contributed by atoms with Crippen molar-refractivity contribution in [3.05, 3.63) is 64.7 Å². The summed E-state index contributed by atoms with van der Waals surface area (Å²) in [7, 11) is -3.44. The zero-order chi connectivity index (χ0) is 19.8. The van der Waals surface area contributed by atoms with Crippen LogP contribution in [0, 0.1) is 0 Å². The largest absolute Gasteiger partial charge is 0.573 e. The fourth-order valence-corrected chi connectivity index (χ4v) is 4.43. The lowest BCUT2D eigenvalue weighted by Gasteiger charge is -2.23. The van der Waals surface area contributed by atoms with Gasteiger partial charge in [-0.1, -0.05) is 41.9 Å². The Morgan fingerprint density at radius 3 is 2.33 bits per heavy atom. The molecule has 2 aromatic rings. The summed E-state index contributed by atoms with van der Waals surface area (Å²) in [5.41, 5.74) is 1.03. The molecule has 1 N–H and O–H groups in total. The summed E-state index contributed by atoms with van der Waals surface area (Å²) in [6, 6.07) is 11.9. The number of rotatable bonds is 4. The molecule has 0 aliphatic carbocycles. The number of hydrogen-bond acceptors (Lipinski definition) is 4. The second kappa shape index (κ2) is 7.33. The molecule has 1 aliphatic rings. The lowest BCUT2D eigenvalue weighted by Crippen LogP contribution is -2.32. The second-order valence-electron chi connectivity index (χ2n) is 6.44. The molecule has 9 heteroatoms. The van der Waals surface area contributed by atoms with E-state index in [1.165, 1.54) is 18.2 Å². The molecule has 0 saturated carbocycles. The van der Waals surface area contributed by atoms with Crippen LogP contribution in [0.5, 0.6) is 5.75 Å². The van der Waals surface area contributed by atoms with Crippen molar-refractivity contribution in [1.29, 1.82) is 0 Å². The normalized spacial score (nSPS) is 23.4. The molecule has 0 aromatic heterocycles. The molecular weight excluding hydrogens is 403 g/mol. The van der Waals surface area contributed by atoms with Crippen molar-refractivity contribution in [2.75, 3.05) is 6.26 Å². The van der Waals surface area contributed by atoms with E-state index in [-0.39, 0.29) is 23.7 Å². The van der Waals surface area contributed by atoms with Gasteiger partial charge in [-0.15, -0.1) is 13.2 Å². The standard InChI is InChI=1S/C18H17ClF3NO3S/c1-27(24,25)16-10-14(11-6-8-12(19)9-7-11)17(23-16)13-4-2-3-5-15(13)26-18(20,21)22/h2-9,14,16-17,23H,10H2,1H3. The molecule has 0 spiro atoms. The molecule has 1 heterocycles. The summed E-state index contributed by atoms with van der Waals surface area (Å²) < 4.78 is 66.6. The van der Waals surface area contributed by atoms with Crippen LogP contribution in [0.25, 0.3) is 0 Å². The number of ether oxygens (including phenoxy) is 1. The van der Waals surface area contributed by atoms with Crippen LogP contribution in [0.2, 0.25) is 5.02 Å². The van der Waals surface area contributed by atoms with Crippen molar-refractivity contribution in [1.82, 2.24) is 5.32 Å². The average Bonchev–Trinajstić information content (AvgIpc) is 3.00. The Kier molecular flexibility index (Phi) is 5.42. The summed E-state index contributed by atoms with van der Waals surface area (Å²) in [4.78, 5) is 0. The van der Waals surface area contributed by atoms with Gasteiger partial charge in [-0.25, -0.2) is 8.42 Å². The van der Waals surface area contributed by atoms with Crippen LogP contribution in [-0.2, 0) is 9.84 Å². The van der Waals surface area contributed by atoms with Crippen LogP contribution in [0.15, 0.2) is 48.5 Å². The van der Waals surface area contributed by atoms with Gasteiger partial charge in [0.2, 0.25) is 0 Å². The van der Waals surface area contributed by atoms with Gasteiger partial charge in [0, 0.05) is 28.8 Å². The number of alkyl halides is 3. The first-order chi connectivity index (χ1) is 12.5. The van der Waals surface area contributed by atoms with Crippen molar-refractivity contribution in [2.24, 2.45) is 0 Å². The molecule has 0 radical (unpaired) electrons. The predicted octanol–water partition coefficient (Wildman–Crippen LogP) is 4.43. The summed E-state index contributed by atoms with van der Waals surface area (Å²) in [5.74, 6) is -0.712. The van der Waals surface area contributed by atoms with Gasteiger partial charge in [-0.2, -0.15) is 0 Å². The van der Waals surface area contributed by atoms with Gasteiger partial charge in [-0.05, 0) is 30.2 Å². The van der Waals surface area contributed by atoms with Crippen LogP contribution < -0.4 is 10.1 Å². The highest BCUT2D eigenvalue weighted by Crippen LogP contribution is 2.45. The summed E-state index contributed by atoms with van der Waals surface area (Å²) in [5, 5.41) is 2.61. The highest BCUT2D eigenvalue weighted by molar-refractivity contribution is 7.91. The Morgan fingerprint density at radius 1 is 1.11 bits per heavy atom. The van der Waals surface area contributed by atoms with E-state index in [0.29, 0.717) is 5.02 Å². The lowest BCUT2D eigenvalue weighted by molar-refractivity contribution is -0.275. The van der Waals surface area contributed by atoms with E-state index in [1.807, 2.05) is 0 Å². The van der Waals surface area contributed by atoms with Crippen molar-refractivity contribution in [2.45, 2.75) is 30.1 Å². The number of halogens is 4. The van der Waals surface area contributed by atoms with Crippen LogP contribution in [0.4, 0.5) is 13.2 Å². The van der Waals surface area contributed by atoms with Crippen LogP contribution in [-0.4, -0.2) is 26.4 Å². The smallest absolute Gasteiger partial charge is 0.405 e. The number of hydrogen-bond donors (Lipinski definition) is 1. The monoisotopic (exact) mass is 419 g/mol. The van der Waals surface area contributed by atoms with Gasteiger partial charge < -0.3 is 4.74 Å². The molecule has 3 rings (SSSR count). The maximum atomic E-state index is 12.8. The fourth-order valence-electron chi connectivity index (χ4n) is 3.35. The Morgan fingerprint density at radius 2 is 1.74 bits per heavy atom. The second-order valence-corrected chi connectivity index (χ2v) is 9.11. The zero-order valence-corrected chi connectivity index (χ0v) is 15.8. The van der Waals surface area contributed by atoms with E-state index in [4.69, 9.17) is 11.6 Å². The SMILES string of the molecule is CS(=O)(=O)C1CC(c2ccc(Cl)cc2)C(c2ccccc2OC(F)(F)F)N1. The van der Waals surface area contributed by atoms with Crippen molar-refractivity contribution < 1.29 is 26.3 Å². The molecule has 0 bridgehead atoms. The molecule has 1 fully saturated rings. The molecule has 1 saturated heterocycles. The van der Waals surface area contributed by atoms with E-state index in [0.717, 1.165) is 11.8 Å². The highest BCUT2D eigenvalue weighted by Gasteiger charge is 2.42. The molecule has 1 aliphatic heterocycles. The molecule has 2 aromatic carbocycles. The maximum absolute atomic E-state index is 12.8. The first kappa shape index (κ1) is 20.0. The first-order valence-electron chi connectivity index (χ1n) is 8.09. The van der Waals surface area contributed by atoms with E-state index in [2.05, 4.69) is 10.1 Å². The van der Waals surface area contributed by atoms with Crippen LogP contribution in [0.3, 0.4) is 0 Å². The average molecular weight is 420 g/mol. The van der Waals surface area contributed by atoms with Crippen molar-refractivity contribution in [3.63, 3.8) is 0 Å². The molecular formula is C18H17ClF3NO3S. The molecule has 4 nitrogen and oxygen atoms in total. The van der Waals surface area contributed by atoms with Crippen LogP contribution >= 0.6 is 11.6 Å². The number of para-hydroxylation sites is 1. The van der Waals surface area contributed by atoms with Gasteiger partial charge in [0.15, 0.2) is 9.84 Å². The summed E-state index contributed by atoms with van der Waals surface area (Å²) in [6.07, 6.45) is -3.52. The third kappa shape index (κ3) is 4.75. The zero-order valence-electron chi connectivity index (χ0n) is 14.2. The minimum absolute atomic E-state index is 0.228. The van der Waals surface area contributed by atoms with Gasteiger partial charge in [0.05, 0.1) is 0 Å². The lowest BCUT2D eigenvalue weighted by atomic mass is 9.87. The predicted molar refractivity (Wildman–Crippen MR) is 96.4 cm³/mol. The maximum Gasteiger partial charge on any atom is 0.573 e. The number of nitrogens with one attached hydrogen (secondary N) is 1. The third-order valence-electron chi connectivity index (χ3n) is 4.53. The quantitative estimate of drug-likeness (QED) is 0.796. The van der Waals surface area contributed by atoms with Crippen molar-refractivity contribution in [3.8, 4) is 5.75 Å². The van der Waals surface area contributed by atoms with E-state index in [9.17, 15) is 21.6 Å². The number of sulfone groups is 1. The Balaban J connectivity index is 2.04. The third-order valence-corrected chi connectivity index (χ3v) is 6.14. The van der Waals surface area contributed by atoms with Crippen molar-refractivity contribution >= 4 is 21.4 Å². The topological polar surface area (TPSA) is 55.4 Å². The Labute approximate surface area is 160 Å². The van der Waals surface area contributed by atoms with E-state index in [1.54, 1.807) is 30.3 Å².